The van der Waals surface area contributed by atoms with Gasteiger partial charge in [0.25, 0.3) is 0 Å². The zero-order valence-corrected chi connectivity index (χ0v) is 15.1. The smallest absolute Gasteiger partial charge is 0.357 e. The van der Waals surface area contributed by atoms with Crippen LogP contribution in [0.2, 0.25) is 0 Å². The Morgan fingerprint density at radius 1 is 1.00 bits per heavy atom. The van der Waals surface area contributed by atoms with Gasteiger partial charge >= 0.3 is 5.97 Å². The normalized spacial score (nSPS) is 10.7. The molecule has 4 aromatic rings. The second-order valence-corrected chi connectivity index (χ2v) is 6.41. The Bertz CT molecular complexity index is 1110. The Labute approximate surface area is 161 Å². The molecular formula is C22H19N3O3. The van der Waals surface area contributed by atoms with Gasteiger partial charge in [0, 0.05) is 17.6 Å². The zero-order chi connectivity index (χ0) is 19.3. The van der Waals surface area contributed by atoms with Crippen molar-refractivity contribution in [3.8, 4) is 5.75 Å². The van der Waals surface area contributed by atoms with Gasteiger partial charge in [0.15, 0.2) is 5.69 Å². The summed E-state index contributed by atoms with van der Waals surface area (Å²) in [7, 11) is 0. The van der Waals surface area contributed by atoms with E-state index >= 15 is 0 Å². The van der Waals surface area contributed by atoms with E-state index in [4.69, 9.17) is 4.74 Å². The number of hydrogen-bond donors (Lipinski definition) is 3. The first-order valence-corrected chi connectivity index (χ1v) is 8.90. The molecule has 1 aromatic heterocycles. The minimum atomic E-state index is -1.05. The van der Waals surface area contributed by atoms with Crippen molar-refractivity contribution in [2.75, 3.05) is 5.32 Å². The fraction of sp³-hybridized carbons (Fsp3) is 0.0909. The molecule has 0 saturated heterocycles. The van der Waals surface area contributed by atoms with E-state index < -0.39 is 5.97 Å². The lowest BCUT2D eigenvalue weighted by atomic mass is 10.1. The molecule has 0 spiro atoms. The molecule has 3 N–H and O–H groups in total. The number of nitrogens with one attached hydrogen (secondary N) is 2. The van der Waals surface area contributed by atoms with E-state index in [1.807, 2.05) is 66.7 Å². The average Bonchev–Trinajstić information content (AvgIpc) is 3.15. The lowest BCUT2D eigenvalue weighted by Crippen LogP contribution is -2.01. The number of ether oxygens (including phenoxy) is 1. The summed E-state index contributed by atoms with van der Waals surface area (Å²) in [6, 6.07) is 23.4. The number of aromatic nitrogens is 2. The fourth-order valence-electron chi connectivity index (χ4n) is 2.98. The van der Waals surface area contributed by atoms with Gasteiger partial charge in [-0.2, -0.15) is 5.10 Å². The number of hydrogen-bond acceptors (Lipinski definition) is 4. The van der Waals surface area contributed by atoms with Crippen molar-refractivity contribution in [3.63, 3.8) is 0 Å². The summed E-state index contributed by atoms with van der Waals surface area (Å²) in [4.78, 5) is 11.3. The van der Waals surface area contributed by atoms with Gasteiger partial charge in [-0.3, -0.25) is 5.10 Å². The number of anilines is 1. The maximum absolute atomic E-state index is 11.3. The highest BCUT2D eigenvalue weighted by Crippen LogP contribution is 2.22. The van der Waals surface area contributed by atoms with Crippen molar-refractivity contribution in [1.82, 2.24) is 10.2 Å². The van der Waals surface area contributed by atoms with Crippen LogP contribution >= 0.6 is 0 Å². The monoisotopic (exact) mass is 373 g/mol. The number of carbonyl (C=O) groups is 1. The molecule has 3 aromatic carbocycles. The maximum atomic E-state index is 11.3. The molecule has 0 bridgehead atoms. The molecular weight excluding hydrogens is 354 g/mol. The van der Waals surface area contributed by atoms with E-state index in [9.17, 15) is 9.90 Å². The van der Waals surface area contributed by atoms with E-state index in [0.717, 1.165) is 22.6 Å². The van der Waals surface area contributed by atoms with Crippen LogP contribution in [0.25, 0.3) is 10.9 Å². The average molecular weight is 373 g/mol. The fourth-order valence-corrected chi connectivity index (χ4v) is 2.98. The first kappa shape index (κ1) is 17.6. The van der Waals surface area contributed by atoms with Crippen molar-refractivity contribution in [2.24, 2.45) is 0 Å². The van der Waals surface area contributed by atoms with Crippen LogP contribution in [-0.2, 0) is 13.2 Å². The molecule has 0 amide bonds. The molecule has 1 heterocycles. The van der Waals surface area contributed by atoms with E-state index in [-0.39, 0.29) is 5.69 Å². The van der Waals surface area contributed by atoms with Gasteiger partial charge in [0.05, 0.1) is 5.52 Å². The number of carboxylic acid groups (broad SMARTS) is 1. The van der Waals surface area contributed by atoms with Crippen LogP contribution in [0.5, 0.6) is 5.75 Å². The van der Waals surface area contributed by atoms with Gasteiger partial charge in [0.2, 0.25) is 0 Å². The van der Waals surface area contributed by atoms with Gasteiger partial charge in [0.1, 0.15) is 12.4 Å². The van der Waals surface area contributed by atoms with Gasteiger partial charge in [-0.15, -0.1) is 0 Å². The molecule has 0 aliphatic heterocycles. The Kier molecular flexibility index (Phi) is 4.93. The predicted molar refractivity (Wildman–Crippen MR) is 108 cm³/mol. The molecule has 28 heavy (non-hydrogen) atoms. The van der Waals surface area contributed by atoms with Crippen LogP contribution in [0, 0.1) is 0 Å². The predicted octanol–water partition coefficient (Wildman–Crippen LogP) is 4.45. The minimum Gasteiger partial charge on any atom is -0.489 e. The Morgan fingerprint density at radius 3 is 2.64 bits per heavy atom. The lowest BCUT2D eigenvalue weighted by Gasteiger charge is -2.10. The van der Waals surface area contributed by atoms with E-state index in [1.54, 1.807) is 6.07 Å². The quantitative estimate of drug-likeness (QED) is 0.445. The molecule has 0 unspecified atom stereocenters. The summed E-state index contributed by atoms with van der Waals surface area (Å²) in [5, 5.41) is 19.7. The highest BCUT2D eigenvalue weighted by molar-refractivity contribution is 6.01. The van der Waals surface area contributed by atoms with E-state index in [0.29, 0.717) is 24.1 Å². The van der Waals surface area contributed by atoms with Crippen molar-refractivity contribution in [1.29, 1.82) is 0 Å². The van der Waals surface area contributed by atoms with Gasteiger partial charge in [-0.05, 0) is 41.5 Å². The Hall–Kier alpha value is -3.80. The third kappa shape index (κ3) is 3.96. The Morgan fingerprint density at radius 2 is 1.82 bits per heavy atom. The third-order valence-electron chi connectivity index (χ3n) is 4.41. The molecule has 0 saturated carbocycles. The van der Waals surface area contributed by atoms with Crippen molar-refractivity contribution < 1.29 is 14.6 Å². The molecule has 6 heteroatoms. The van der Waals surface area contributed by atoms with Gasteiger partial charge in [-0.1, -0.05) is 42.5 Å². The second-order valence-electron chi connectivity index (χ2n) is 6.41. The number of rotatable bonds is 7. The van der Waals surface area contributed by atoms with Crippen LogP contribution in [0.4, 0.5) is 5.69 Å². The van der Waals surface area contributed by atoms with Crippen LogP contribution < -0.4 is 10.1 Å². The number of fused-ring (bicyclic) bond motifs is 1. The molecule has 0 fully saturated rings. The molecule has 6 nitrogen and oxygen atoms in total. The van der Waals surface area contributed by atoms with Gasteiger partial charge in [-0.25, -0.2) is 4.79 Å². The SMILES string of the molecule is O=C(O)c1n[nH]c2ccc(NCc3cccc(OCc4ccccc4)c3)cc12. The molecule has 0 aliphatic carbocycles. The summed E-state index contributed by atoms with van der Waals surface area (Å²) in [5.41, 5.74) is 3.73. The largest absolute Gasteiger partial charge is 0.489 e. The zero-order valence-electron chi connectivity index (χ0n) is 15.1. The van der Waals surface area contributed by atoms with Crippen LogP contribution in [0.1, 0.15) is 21.6 Å². The molecule has 0 radical (unpaired) electrons. The van der Waals surface area contributed by atoms with E-state index in [2.05, 4.69) is 15.5 Å². The standard InChI is InChI=1S/C22H19N3O3/c26-22(27)21-19-12-17(9-10-20(19)24-25-21)23-13-16-7-4-8-18(11-16)28-14-15-5-2-1-3-6-15/h1-12,23H,13-14H2,(H,24,25)(H,26,27). The van der Waals surface area contributed by atoms with Crippen LogP contribution in [0.3, 0.4) is 0 Å². The van der Waals surface area contributed by atoms with Crippen LogP contribution in [-0.4, -0.2) is 21.3 Å². The summed E-state index contributed by atoms with van der Waals surface area (Å²) in [5.74, 6) is -0.242. The first-order chi connectivity index (χ1) is 13.7. The minimum absolute atomic E-state index is 0.0231. The highest BCUT2D eigenvalue weighted by atomic mass is 16.5. The molecule has 4 rings (SSSR count). The summed E-state index contributed by atoms with van der Waals surface area (Å²) in [6.07, 6.45) is 0. The van der Waals surface area contributed by atoms with E-state index in [1.165, 1.54) is 0 Å². The highest BCUT2D eigenvalue weighted by Gasteiger charge is 2.12. The molecule has 0 atom stereocenters. The third-order valence-corrected chi connectivity index (χ3v) is 4.41. The number of aromatic amines is 1. The van der Waals surface area contributed by atoms with Crippen molar-refractivity contribution in [3.05, 3.63) is 89.6 Å². The topological polar surface area (TPSA) is 87.2 Å². The number of carboxylic acids is 1. The van der Waals surface area contributed by atoms with Gasteiger partial charge < -0.3 is 15.2 Å². The summed E-state index contributed by atoms with van der Waals surface area (Å²) < 4.78 is 5.87. The lowest BCUT2D eigenvalue weighted by molar-refractivity contribution is 0.0692. The Balaban J connectivity index is 1.43. The number of benzene rings is 3. The summed E-state index contributed by atoms with van der Waals surface area (Å²) in [6.45, 7) is 1.11. The van der Waals surface area contributed by atoms with Crippen LogP contribution in [0.15, 0.2) is 72.8 Å². The molecule has 0 aliphatic rings. The summed E-state index contributed by atoms with van der Waals surface area (Å²) >= 11 is 0. The number of H-pyrrole nitrogens is 1. The number of nitrogens with zero attached hydrogens (tertiary/aromatic N) is 1. The first-order valence-electron chi connectivity index (χ1n) is 8.90. The number of aromatic carboxylic acids is 1. The molecule has 140 valence electrons. The maximum Gasteiger partial charge on any atom is 0.357 e. The second kappa shape index (κ2) is 7.84. The van der Waals surface area contributed by atoms with Crippen molar-refractivity contribution >= 4 is 22.6 Å². The van der Waals surface area contributed by atoms with Crippen molar-refractivity contribution in [2.45, 2.75) is 13.2 Å².